The highest BCUT2D eigenvalue weighted by Crippen LogP contribution is 2.24. The maximum Gasteiger partial charge on any atom is 0.326 e. The van der Waals surface area contributed by atoms with E-state index in [0.29, 0.717) is 24.3 Å². The first-order valence-corrected chi connectivity index (χ1v) is 7.99. The fourth-order valence-electron chi connectivity index (χ4n) is 2.67. The standard InChI is InChI=1S/C16H16N2O3S/c19-15(18-8-4-7-12(18)16(20)21)13-10-17-14(22-13)9-11-5-2-1-3-6-11/h1-3,5-6,10,12H,4,7-9H2,(H,20,21)/t12-/m1/s1. The zero-order valence-electron chi connectivity index (χ0n) is 11.9. The summed E-state index contributed by atoms with van der Waals surface area (Å²) in [5.41, 5.74) is 1.14. The molecule has 1 aliphatic heterocycles. The number of amides is 1. The third-order valence-corrected chi connectivity index (χ3v) is 4.75. The van der Waals surface area contributed by atoms with Crippen LogP contribution in [0.4, 0.5) is 0 Å². The highest BCUT2D eigenvalue weighted by atomic mass is 32.1. The SMILES string of the molecule is O=C(O)[C@H]1CCCN1C(=O)c1cnc(Cc2ccccc2)s1. The molecule has 1 fully saturated rings. The maximum atomic E-state index is 12.5. The summed E-state index contributed by atoms with van der Waals surface area (Å²) in [6, 6.07) is 9.23. The van der Waals surface area contributed by atoms with Crippen LogP contribution in [0.3, 0.4) is 0 Å². The first-order chi connectivity index (χ1) is 10.6. The molecule has 0 spiro atoms. The number of carbonyl (C=O) groups excluding carboxylic acids is 1. The van der Waals surface area contributed by atoms with Crippen molar-refractivity contribution in [1.29, 1.82) is 0 Å². The van der Waals surface area contributed by atoms with Crippen molar-refractivity contribution in [2.75, 3.05) is 6.54 Å². The molecule has 0 aliphatic carbocycles. The van der Waals surface area contributed by atoms with Crippen LogP contribution >= 0.6 is 11.3 Å². The number of benzene rings is 1. The molecule has 2 heterocycles. The summed E-state index contributed by atoms with van der Waals surface area (Å²) in [4.78, 5) is 29.9. The molecule has 6 heteroatoms. The molecule has 22 heavy (non-hydrogen) atoms. The number of carboxylic acid groups (broad SMARTS) is 1. The van der Waals surface area contributed by atoms with Crippen LogP contribution in [0.1, 0.15) is 33.1 Å². The fraction of sp³-hybridized carbons (Fsp3) is 0.312. The summed E-state index contributed by atoms with van der Waals surface area (Å²) in [6.45, 7) is 0.502. The third kappa shape index (κ3) is 3.01. The van der Waals surface area contributed by atoms with Crippen molar-refractivity contribution in [2.45, 2.75) is 25.3 Å². The number of hydrogen-bond acceptors (Lipinski definition) is 4. The minimum Gasteiger partial charge on any atom is -0.480 e. The van der Waals surface area contributed by atoms with Gasteiger partial charge in [-0.1, -0.05) is 30.3 Å². The molecule has 0 saturated carbocycles. The number of rotatable bonds is 4. The molecule has 3 rings (SSSR count). The number of thiazole rings is 1. The molecular weight excluding hydrogens is 300 g/mol. The van der Waals surface area contributed by atoms with E-state index in [1.165, 1.54) is 16.2 Å². The van der Waals surface area contributed by atoms with Crippen LogP contribution in [-0.2, 0) is 11.2 Å². The second-order valence-electron chi connectivity index (χ2n) is 5.28. The van der Waals surface area contributed by atoms with E-state index < -0.39 is 12.0 Å². The summed E-state index contributed by atoms with van der Waals surface area (Å²) < 4.78 is 0. The average molecular weight is 316 g/mol. The van der Waals surface area contributed by atoms with Crippen molar-refractivity contribution in [3.05, 3.63) is 52.0 Å². The zero-order valence-corrected chi connectivity index (χ0v) is 12.8. The molecule has 1 N–H and O–H groups in total. The number of aromatic nitrogens is 1. The second-order valence-corrected chi connectivity index (χ2v) is 6.39. The Kier molecular flexibility index (Phi) is 4.20. The monoisotopic (exact) mass is 316 g/mol. The number of carboxylic acids is 1. The van der Waals surface area contributed by atoms with Gasteiger partial charge in [0.05, 0.1) is 11.2 Å². The smallest absolute Gasteiger partial charge is 0.326 e. The van der Waals surface area contributed by atoms with Gasteiger partial charge in [0.25, 0.3) is 5.91 Å². The van der Waals surface area contributed by atoms with Crippen molar-refractivity contribution in [3.8, 4) is 0 Å². The molecule has 1 aliphatic rings. The van der Waals surface area contributed by atoms with E-state index in [-0.39, 0.29) is 5.91 Å². The second kappa shape index (κ2) is 6.27. The van der Waals surface area contributed by atoms with Crippen molar-refractivity contribution < 1.29 is 14.7 Å². The Balaban J connectivity index is 1.73. The Labute approximate surface area is 132 Å². The van der Waals surface area contributed by atoms with Gasteiger partial charge in [-0.05, 0) is 18.4 Å². The molecular formula is C16H16N2O3S. The molecule has 1 aromatic carbocycles. The van der Waals surface area contributed by atoms with Gasteiger partial charge < -0.3 is 10.0 Å². The van der Waals surface area contributed by atoms with Crippen molar-refractivity contribution >= 4 is 23.2 Å². The van der Waals surface area contributed by atoms with Crippen LogP contribution in [0.25, 0.3) is 0 Å². The summed E-state index contributed by atoms with van der Waals surface area (Å²) in [5.74, 6) is -1.15. The predicted molar refractivity (Wildman–Crippen MR) is 83.1 cm³/mol. The number of aliphatic carboxylic acids is 1. The molecule has 0 radical (unpaired) electrons. The minimum atomic E-state index is -0.931. The quantitative estimate of drug-likeness (QED) is 0.940. The van der Waals surface area contributed by atoms with Gasteiger partial charge in [0.15, 0.2) is 0 Å². The van der Waals surface area contributed by atoms with Gasteiger partial charge in [-0.25, -0.2) is 9.78 Å². The average Bonchev–Trinajstić information content (AvgIpc) is 3.16. The van der Waals surface area contributed by atoms with Gasteiger partial charge >= 0.3 is 5.97 Å². The lowest BCUT2D eigenvalue weighted by atomic mass is 10.2. The van der Waals surface area contributed by atoms with Crippen LogP contribution in [0.2, 0.25) is 0 Å². The minimum absolute atomic E-state index is 0.221. The maximum absolute atomic E-state index is 12.5. The lowest BCUT2D eigenvalue weighted by Crippen LogP contribution is -2.40. The van der Waals surface area contributed by atoms with E-state index in [0.717, 1.165) is 17.0 Å². The van der Waals surface area contributed by atoms with E-state index >= 15 is 0 Å². The predicted octanol–water partition coefficient (Wildman–Crippen LogP) is 2.42. The van der Waals surface area contributed by atoms with Crippen LogP contribution in [0, 0.1) is 0 Å². The number of carbonyl (C=O) groups is 2. The largest absolute Gasteiger partial charge is 0.480 e. The molecule has 1 aromatic heterocycles. The Hall–Kier alpha value is -2.21. The molecule has 2 aromatic rings. The normalized spacial score (nSPS) is 17.6. The van der Waals surface area contributed by atoms with Gasteiger partial charge in [-0.2, -0.15) is 0 Å². The van der Waals surface area contributed by atoms with E-state index in [9.17, 15) is 14.7 Å². The van der Waals surface area contributed by atoms with Crippen molar-refractivity contribution in [1.82, 2.24) is 9.88 Å². The third-order valence-electron chi connectivity index (χ3n) is 3.76. The first kappa shape index (κ1) is 14.7. The number of hydrogen-bond donors (Lipinski definition) is 1. The molecule has 0 unspecified atom stereocenters. The molecule has 114 valence electrons. The Bertz CT molecular complexity index is 684. The van der Waals surface area contributed by atoms with E-state index in [1.807, 2.05) is 30.3 Å². The Morgan fingerprint density at radius 2 is 2.09 bits per heavy atom. The van der Waals surface area contributed by atoms with Crippen LogP contribution in [0.15, 0.2) is 36.5 Å². The molecule has 5 nitrogen and oxygen atoms in total. The highest BCUT2D eigenvalue weighted by Gasteiger charge is 2.35. The molecule has 1 saturated heterocycles. The lowest BCUT2D eigenvalue weighted by Gasteiger charge is -2.20. The van der Waals surface area contributed by atoms with E-state index in [1.54, 1.807) is 6.20 Å². The van der Waals surface area contributed by atoms with Crippen LogP contribution in [0.5, 0.6) is 0 Å². The molecule has 0 bridgehead atoms. The van der Waals surface area contributed by atoms with Gasteiger partial charge in [-0.3, -0.25) is 4.79 Å². The molecule has 1 atom stereocenters. The Morgan fingerprint density at radius 3 is 2.82 bits per heavy atom. The summed E-state index contributed by atoms with van der Waals surface area (Å²) >= 11 is 1.34. The molecule has 1 amide bonds. The van der Waals surface area contributed by atoms with Crippen molar-refractivity contribution in [2.24, 2.45) is 0 Å². The fourth-order valence-corrected chi connectivity index (χ4v) is 3.58. The first-order valence-electron chi connectivity index (χ1n) is 7.17. The van der Waals surface area contributed by atoms with Gasteiger partial charge in [0.1, 0.15) is 10.9 Å². The summed E-state index contributed by atoms with van der Waals surface area (Å²) in [7, 11) is 0. The van der Waals surface area contributed by atoms with Crippen LogP contribution < -0.4 is 0 Å². The number of likely N-dealkylation sites (tertiary alicyclic amines) is 1. The summed E-state index contributed by atoms with van der Waals surface area (Å²) in [6.07, 6.45) is 3.50. The Morgan fingerprint density at radius 1 is 1.32 bits per heavy atom. The topological polar surface area (TPSA) is 70.5 Å². The van der Waals surface area contributed by atoms with E-state index in [4.69, 9.17) is 0 Å². The van der Waals surface area contributed by atoms with Gasteiger partial charge in [0, 0.05) is 13.0 Å². The van der Waals surface area contributed by atoms with Crippen LogP contribution in [-0.4, -0.2) is 39.5 Å². The van der Waals surface area contributed by atoms with Gasteiger partial charge in [-0.15, -0.1) is 11.3 Å². The lowest BCUT2D eigenvalue weighted by molar-refractivity contribution is -0.141. The highest BCUT2D eigenvalue weighted by molar-refractivity contribution is 7.13. The van der Waals surface area contributed by atoms with Crippen molar-refractivity contribution in [3.63, 3.8) is 0 Å². The summed E-state index contributed by atoms with van der Waals surface area (Å²) in [5, 5.41) is 10.0. The zero-order chi connectivity index (χ0) is 15.5. The van der Waals surface area contributed by atoms with E-state index in [2.05, 4.69) is 4.98 Å². The number of nitrogens with zero attached hydrogens (tertiary/aromatic N) is 2. The van der Waals surface area contributed by atoms with Gasteiger partial charge in [0.2, 0.25) is 0 Å².